The number of piperidine rings is 1. The zero-order chi connectivity index (χ0) is 32.0. The van der Waals surface area contributed by atoms with Crippen LogP contribution in [0.3, 0.4) is 0 Å². The topological polar surface area (TPSA) is 103 Å². The first kappa shape index (κ1) is 29.5. The lowest BCUT2D eigenvalue weighted by atomic mass is 9.94. The van der Waals surface area contributed by atoms with Gasteiger partial charge in [0.25, 0.3) is 0 Å². The number of benzene rings is 1. The number of hydrogen-bond acceptors (Lipinski definition) is 8. The number of carbonyl (C=O) groups is 1. The van der Waals surface area contributed by atoms with Crippen LogP contribution in [0.2, 0.25) is 5.02 Å². The van der Waals surface area contributed by atoms with Crippen LogP contribution in [0.1, 0.15) is 62.8 Å². The molecule has 1 amide bonds. The third-order valence-electron chi connectivity index (χ3n) is 11.5. The van der Waals surface area contributed by atoms with Crippen molar-refractivity contribution in [3.63, 3.8) is 0 Å². The maximum absolute atomic E-state index is 17.2. The molecule has 13 heteroatoms. The van der Waals surface area contributed by atoms with Gasteiger partial charge in [-0.15, -0.1) is 0 Å². The summed E-state index contributed by atoms with van der Waals surface area (Å²) in [6.07, 6.45) is 8.45. The molecule has 5 atom stereocenters. The highest BCUT2D eigenvalue weighted by molar-refractivity contribution is 6.33. The number of ether oxygens (including phenoxy) is 1. The van der Waals surface area contributed by atoms with Gasteiger partial charge in [0, 0.05) is 67.7 Å². The summed E-state index contributed by atoms with van der Waals surface area (Å²) >= 11 is 6.95. The number of aromatic amines is 1. The van der Waals surface area contributed by atoms with E-state index in [0.29, 0.717) is 59.8 Å². The average molecular weight is 663 g/mol. The molecule has 10 rings (SSSR count). The summed E-state index contributed by atoms with van der Waals surface area (Å²) in [7, 11) is 1.89. The lowest BCUT2D eigenvalue weighted by molar-refractivity contribution is -0.132. The van der Waals surface area contributed by atoms with Crippen molar-refractivity contribution in [2.75, 3.05) is 44.7 Å². The number of H-pyrrole nitrogens is 1. The molecule has 47 heavy (non-hydrogen) atoms. The number of carbonyl (C=O) groups excluding carboxylic acids is 1. The smallest absolute Gasteiger partial charge is 0.319 e. The number of fused-ring (bicyclic) bond motifs is 6. The SMILES string of the molecule is CN1C(=O)CC[C@@H]2C[C@@H]2c2c(Cl)cc3[nH]ncc3c2-c2ncc3c(nc(OC[C@@]45CCCN4C[C@H](F)C5)nc3c2F)N2CCC[C@@H]1C2. The Morgan fingerprint density at radius 1 is 1.15 bits per heavy atom. The van der Waals surface area contributed by atoms with E-state index in [4.69, 9.17) is 26.3 Å². The van der Waals surface area contributed by atoms with Crippen molar-refractivity contribution in [2.24, 2.45) is 5.92 Å². The molecule has 1 aromatic carbocycles. The van der Waals surface area contributed by atoms with E-state index < -0.39 is 17.5 Å². The van der Waals surface area contributed by atoms with Gasteiger partial charge >= 0.3 is 6.01 Å². The van der Waals surface area contributed by atoms with Crippen LogP contribution in [0.5, 0.6) is 6.01 Å². The van der Waals surface area contributed by atoms with E-state index in [9.17, 15) is 9.18 Å². The second-order valence-corrected chi connectivity index (χ2v) is 14.7. The Kier molecular flexibility index (Phi) is 6.87. The number of likely N-dealkylation sites (N-methyl/N-ethyl adjacent to an activating group) is 1. The lowest BCUT2D eigenvalue weighted by Crippen LogP contribution is -2.49. The number of pyridine rings is 1. The highest BCUT2D eigenvalue weighted by Crippen LogP contribution is 2.56. The average Bonchev–Trinajstić information content (AvgIpc) is 3.32. The monoisotopic (exact) mass is 662 g/mol. The van der Waals surface area contributed by atoms with E-state index in [0.717, 1.165) is 56.0 Å². The molecule has 8 heterocycles. The minimum absolute atomic E-state index is 0.0129. The number of hydrogen-bond donors (Lipinski definition) is 1. The van der Waals surface area contributed by atoms with Crippen LogP contribution in [0.4, 0.5) is 14.6 Å². The fourth-order valence-corrected chi connectivity index (χ4v) is 9.26. The van der Waals surface area contributed by atoms with Crippen LogP contribution >= 0.6 is 11.6 Å². The molecule has 3 saturated heterocycles. The summed E-state index contributed by atoms with van der Waals surface area (Å²) in [5, 5.41) is 8.95. The second kappa shape index (κ2) is 10.9. The van der Waals surface area contributed by atoms with Gasteiger partial charge in [-0.05, 0) is 68.5 Å². The molecule has 4 aromatic rings. The quantitative estimate of drug-likeness (QED) is 0.301. The zero-order valence-corrected chi connectivity index (χ0v) is 27.1. The Morgan fingerprint density at radius 3 is 2.94 bits per heavy atom. The summed E-state index contributed by atoms with van der Waals surface area (Å²) < 4.78 is 38.0. The normalized spacial score (nSPS) is 29.1. The van der Waals surface area contributed by atoms with Crippen LogP contribution in [-0.2, 0) is 4.79 Å². The van der Waals surface area contributed by atoms with Crippen molar-refractivity contribution in [2.45, 2.75) is 75.0 Å². The maximum atomic E-state index is 17.2. The molecule has 0 radical (unpaired) electrons. The van der Waals surface area contributed by atoms with Crippen molar-refractivity contribution in [3.05, 3.63) is 34.9 Å². The summed E-state index contributed by atoms with van der Waals surface area (Å²) in [4.78, 5) is 33.9. The van der Waals surface area contributed by atoms with Gasteiger partial charge in [-0.3, -0.25) is 19.8 Å². The fourth-order valence-electron chi connectivity index (χ4n) is 8.91. The summed E-state index contributed by atoms with van der Waals surface area (Å²) in [5.74, 6) is 0.414. The van der Waals surface area contributed by atoms with Gasteiger partial charge in [0.15, 0.2) is 5.82 Å². The molecular formula is C34H37ClF2N8O2. The highest BCUT2D eigenvalue weighted by atomic mass is 35.5. The zero-order valence-electron chi connectivity index (χ0n) is 26.3. The number of nitrogens with one attached hydrogen (secondary N) is 1. The Hall–Kier alpha value is -3.64. The standard InChI is InChI=1S/C34H37ClF2N8O2/c1-43-20-4-2-8-44(16-20)32-23-13-38-31(28-22-14-39-42-25(22)11-24(35)27(28)21-10-18(21)5-6-26(43)46)29(37)30(23)40-33(41-32)47-17-34-7-3-9-45(34)15-19(36)12-34/h11,13-14,18-21H,2-10,12,15-17H2,1H3,(H,39,42)/t18-,19-,20-,21+,34+/m1/s1. The molecule has 4 fully saturated rings. The van der Waals surface area contributed by atoms with E-state index in [1.807, 2.05) is 18.0 Å². The molecule has 0 spiro atoms. The van der Waals surface area contributed by atoms with Crippen molar-refractivity contribution in [3.8, 4) is 17.3 Å². The number of alkyl halides is 1. The molecule has 6 aliphatic rings. The van der Waals surface area contributed by atoms with Crippen molar-refractivity contribution >= 4 is 45.1 Å². The molecule has 1 aliphatic carbocycles. The molecule has 10 nitrogen and oxygen atoms in total. The predicted molar refractivity (Wildman–Crippen MR) is 174 cm³/mol. The minimum atomic E-state index is -0.896. The van der Waals surface area contributed by atoms with Crippen molar-refractivity contribution in [1.29, 1.82) is 0 Å². The van der Waals surface area contributed by atoms with Gasteiger partial charge in [0.2, 0.25) is 5.91 Å². The van der Waals surface area contributed by atoms with Crippen LogP contribution in [0.15, 0.2) is 18.5 Å². The van der Waals surface area contributed by atoms with Gasteiger partial charge in [-0.1, -0.05) is 11.6 Å². The van der Waals surface area contributed by atoms with Gasteiger partial charge in [-0.25, -0.2) is 8.78 Å². The van der Waals surface area contributed by atoms with Crippen LogP contribution in [-0.4, -0.2) is 98.4 Å². The molecule has 3 aromatic heterocycles. The van der Waals surface area contributed by atoms with E-state index in [1.54, 1.807) is 12.4 Å². The number of anilines is 1. The van der Waals surface area contributed by atoms with Gasteiger partial charge in [0.05, 0.1) is 22.6 Å². The van der Waals surface area contributed by atoms with Crippen LogP contribution in [0.25, 0.3) is 33.1 Å². The maximum Gasteiger partial charge on any atom is 0.319 e. The first-order valence-corrected chi connectivity index (χ1v) is 17.2. The van der Waals surface area contributed by atoms with Crippen molar-refractivity contribution in [1.82, 2.24) is 34.9 Å². The first-order valence-electron chi connectivity index (χ1n) is 16.8. The predicted octanol–water partition coefficient (Wildman–Crippen LogP) is 5.64. The van der Waals surface area contributed by atoms with E-state index >= 15 is 4.39 Å². The molecule has 1 saturated carbocycles. The number of rotatable bonds is 3. The number of nitrogens with zero attached hydrogens (tertiary/aromatic N) is 7. The van der Waals surface area contributed by atoms with Crippen LogP contribution < -0.4 is 9.64 Å². The second-order valence-electron chi connectivity index (χ2n) is 14.2. The molecule has 0 unspecified atom stereocenters. The largest absolute Gasteiger partial charge is 0.461 e. The number of aromatic nitrogens is 5. The Labute approximate surface area is 275 Å². The Balaban J connectivity index is 1.22. The summed E-state index contributed by atoms with van der Waals surface area (Å²) in [6.45, 7) is 2.72. The Bertz CT molecular complexity index is 1920. The van der Waals surface area contributed by atoms with E-state index in [-0.39, 0.29) is 47.6 Å². The summed E-state index contributed by atoms with van der Waals surface area (Å²) in [6, 6.07) is 1.88. The number of amides is 1. The van der Waals surface area contributed by atoms with E-state index in [1.165, 1.54) is 0 Å². The third kappa shape index (κ3) is 4.76. The molecule has 5 aliphatic heterocycles. The third-order valence-corrected chi connectivity index (χ3v) is 11.8. The molecule has 6 bridgehead atoms. The molecule has 246 valence electrons. The molecular weight excluding hydrogens is 626 g/mol. The Morgan fingerprint density at radius 2 is 2.04 bits per heavy atom. The van der Waals surface area contributed by atoms with Crippen molar-refractivity contribution < 1.29 is 18.3 Å². The first-order chi connectivity index (χ1) is 22.8. The fraction of sp³-hybridized carbons (Fsp3) is 0.559. The van der Waals surface area contributed by atoms with Crippen LogP contribution in [0, 0.1) is 11.7 Å². The highest BCUT2D eigenvalue weighted by Gasteiger charge is 2.49. The minimum Gasteiger partial charge on any atom is -0.461 e. The van der Waals surface area contributed by atoms with E-state index in [2.05, 4.69) is 25.0 Å². The van der Waals surface area contributed by atoms with Gasteiger partial charge < -0.3 is 14.5 Å². The van der Waals surface area contributed by atoms with Gasteiger partial charge in [0.1, 0.15) is 29.8 Å². The van der Waals surface area contributed by atoms with Gasteiger partial charge in [-0.2, -0.15) is 15.1 Å². The summed E-state index contributed by atoms with van der Waals surface area (Å²) in [5.41, 5.74) is 1.98. The number of halogens is 3. The molecule has 1 N–H and O–H groups in total. The lowest BCUT2D eigenvalue weighted by Gasteiger charge is -2.38.